The van der Waals surface area contributed by atoms with Crippen LogP contribution in [0.4, 0.5) is 5.82 Å². The van der Waals surface area contributed by atoms with Crippen LogP contribution in [0.1, 0.15) is 0 Å². The third-order valence-corrected chi connectivity index (χ3v) is 3.84. The molecular weight excluding hydrogens is 292 g/mol. The van der Waals surface area contributed by atoms with Crippen LogP contribution in [0.5, 0.6) is 0 Å². The quantitative estimate of drug-likeness (QED) is 0.848. The van der Waals surface area contributed by atoms with Crippen molar-refractivity contribution in [1.29, 1.82) is 0 Å². The third-order valence-electron chi connectivity index (χ3n) is 2.24. The molecule has 0 aromatic carbocycles. The highest BCUT2D eigenvalue weighted by molar-refractivity contribution is 7.92. The van der Waals surface area contributed by atoms with Gasteiger partial charge in [-0.2, -0.15) is 5.10 Å². The predicted molar refractivity (Wildman–Crippen MR) is 69.4 cm³/mol. The number of aliphatic hydroxyl groups excluding tert-OH is 1. The Hall–Kier alpha value is -1.64. The van der Waals surface area contributed by atoms with E-state index in [-0.39, 0.29) is 28.9 Å². The van der Waals surface area contributed by atoms with Gasteiger partial charge in [-0.15, -0.1) is 0 Å². The molecule has 2 heterocycles. The molecule has 0 saturated heterocycles. The molecular formula is C10H11ClN4O3S. The molecule has 0 saturated carbocycles. The molecule has 0 bridgehead atoms. The number of aromatic nitrogens is 3. The van der Waals surface area contributed by atoms with Crippen LogP contribution < -0.4 is 4.72 Å². The van der Waals surface area contributed by atoms with Gasteiger partial charge in [0.1, 0.15) is 4.90 Å². The summed E-state index contributed by atoms with van der Waals surface area (Å²) in [5, 5.41) is 12.8. The van der Waals surface area contributed by atoms with E-state index in [1.54, 1.807) is 6.07 Å². The summed E-state index contributed by atoms with van der Waals surface area (Å²) in [5.74, 6) is 0.0547. The highest BCUT2D eigenvalue weighted by atomic mass is 35.5. The van der Waals surface area contributed by atoms with Gasteiger partial charge in [-0.25, -0.2) is 13.4 Å². The topological polar surface area (TPSA) is 97.1 Å². The maximum atomic E-state index is 12.0. The van der Waals surface area contributed by atoms with E-state index in [0.29, 0.717) is 0 Å². The zero-order valence-corrected chi connectivity index (χ0v) is 11.3. The molecule has 9 heteroatoms. The predicted octanol–water partition coefficient (Wildman–Crippen LogP) is 0.725. The van der Waals surface area contributed by atoms with Gasteiger partial charge in [0.25, 0.3) is 10.0 Å². The minimum atomic E-state index is -3.80. The highest BCUT2D eigenvalue weighted by Gasteiger charge is 2.18. The minimum Gasteiger partial charge on any atom is -0.394 e. The van der Waals surface area contributed by atoms with Gasteiger partial charge in [-0.1, -0.05) is 11.6 Å². The molecule has 0 unspecified atom stereocenters. The molecule has 0 aliphatic rings. The molecule has 2 aromatic rings. The van der Waals surface area contributed by atoms with Crippen LogP contribution in [0.2, 0.25) is 5.02 Å². The lowest BCUT2D eigenvalue weighted by Gasteiger charge is -2.06. The van der Waals surface area contributed by atoms with Gasteiger partial charge in [0.15, 0.2) is 5.82 Å². The summed E-state index contributed by atoms with van der Waals surface area (Å²) in [6.45, 7) is 0.0977. The SMILES string of the molecule is O=S(=O)(Nc1ncccc1Cl)c1cnn(CCO)c1. The molecule has 0 spiro atoms. The molecule has 0 amide bonds. The Balaban J connectivity index is 2.25. The van der Waals surface area contributed by atoms with E-state index >= 15 is 0 Å². The molecule has 0 radical (unpaired) electrons. The van der Waals surface area contributed by atoms with E-state index in [0.717, 1.165) is 0 Å². The molecule has 0 fully saturated rings. The van der Waals surface area contributed by atoms with Crippen molar-refractivity contribution in [3.05, 3.63) is 35.7 Å². The number of aliphatic hydroxyl groups is 1. The Bertz CT molecular complexity index is 671. The lowest BCUT2D eigenvalue weighted by molar-refractivity contribution is 0.269. The van der Waals surface area contributed by atoms with Gasteiger partial charge in [-0.05, 0) is 12.1 Å². The van der Waals surface area contributed by atoms with Crippen molar-refractivity contribution in [1.82, 2.24) is 14.8 Å². The Morgan fingerprint density at radius 2 is 2.26 bits per heavy atom. The number of rotatable bonds is 5. The first-order valence-corrected chi connectivity index (χ1v) is 7.16. The van der Waals surface area contributed by atoms with Crippen molar-refractivity contribution in [2.45, 2.75) is 11.4 Å². The van der Waals surface area contributed by atoms with Crippen molar-refractivity contribution >= 4 is 27.4 Å². The molecule has 2 N–H and O–H groups in total. The number of pyridine rings is 1. The Morgan fingerprint density at radius 1 is 1.47 bits per heavy atom. The lowest BCUT2D eigenvalue weighted by atomic mass is 10.5. The maximum absolute atomic E-state index is 12.0. The number of sulfonamides is 1. The van der Waals surface area contributed by atoms with Crippen molar-refractivity contribution in [2.24, 2.45) is 0 Å². The summed E-state index contributed by atoms with van der Waals surface area (Å²) in [5.41, 5.74) is 0. The number of nitrogens with zero attached hydrogens (tertiary/aromatic N) is 3. The molecule has 2 aromatic heterocycles. The monoisotopic (exact) mass is 302 g/mol. The van der Waals surface area contributed by atoms with Crippen molar-refractivity contribution in [2.75, 3.05) is 11.3 Å². The molecule has 0 atom stereocenters. The summed E-state index contributed by atoms with van der Waals surface area (Å²) in [6, 6.07) is 3.13. The minimum absolute atomic E-state index is 0.0253. The highest BCUT2D eigenvalue weighted by Crippen LogP contribution is 2.21. The van der Waals surface area contributed by atoms with Crippen LogP contribution in [0.25, 0.3) is 0 Å². The molecule has 7 nitrogen and oxygen atoms in total. The fourth-order valence-electron chi connectivity index (χ4n) is 1.36. The summed E-state index contributed by atoms with van der Waals surface area (Å²) >= 11 is 5.83. The second-order valence-electron chi connectivity index (χ2n) is 3.60. The largest absolute Gasteiger partial charge is 0.394 e. The van der Waals surface area contributed by atoms with E-state index in [4.69, 9.17) is 16.7 Å². The van der Waals surface area contributed by atoms with Gasteiger partial charge in [0.2, 0.25) is 0 Å². The van der Waals surface area contributed by atoms with Gasteiger partial charge in [0, 0.05) is 12.4 Å². The number of hydrogen-bond acceptors (Lipinski definition) is 5. The normalized spacial score (nSPS) is 11.5. The first kappa shape index (κ1) is 13.8. The standard InChI is InChI=1S/C10H11ClN4O3S/c11-9-2-1-3-12-10(9)14-19(17,18)8-6-13-15(7-8)4-5-16/h1-3,6-7,16H,4-5H2,(H,12,14). The van der Waals surface area contributed by atoms with E-state index in [9.17, 15) is 8.42 Å². The van der Waals surface area contributed by atoms with Crippen molar-refractivity contribution in [3.63, 3.8) is 0 Å². The van der Waals surface area contributed by atoms with Gasteiger partial charge < -0.3 is 5.11 Å². The van der Waals surface area contributed by atoms with Crippen LogP contribution >= 0.6 is 11.6 Å². The van der Waals surface area contributed by atoms with Crippen molar-refractivity contribution < 1.29 is 13.5 Å². The second kappa shape index (κ2) is 5.55. The maximum Gasteiger partial charge on any atom is 0.266 e. The fraction of sp³-hybridized carbons (Fsp3) is 0.200. The number of nitrogens with one attached hydrogen (secondary N) is 1. The Morgan fingerprint density at radius 3 is 2.95 bits per heavy atom. The first-order valence-electron chi connectivity index (χ1n) is 5.29. The van der Waals surface area contributed by atoms with Gasteiger partial charge in [0.05, 0.1) is 24.4 Å². The van der Waals surface area contributed by atoms with Crippen LogP contribution in [-0.2, 0) is 16.6 Å². The van der Waals surface area contributed by atoms with Crippen LogP contribution in [0, 0.1) is 0 Å². The van der Waals surface area contributed by atoms with Crippen molar-refractivity contribution in [3.8, 4) is 0 Å². The average Bonchev–Trinajstić information content (AvgIpc) is 2.82. The summed E-state index contributed by atoms with van der Waals surface area (Å²) in [4.78, 5) is 3.82. The van der Waals surface area contributed by atoms with E-state index < -0.39 is 10.0 Å². The Kier molecular flexibility index (Phi) is 4.03. The van der Waals surface area contributed by atoms with E-state index in [2.05, 4.69) is 14.8 Å². The zero-order valence-electron chi connectivity index (χ0n) is 9.69. The first-order chi connectivity index (χ1) is 9.03. The summed E-state index contributed by atoms with van der Waals surface area (Å²) in [6.07, 6.45) is 3.93. The smallest absolute Gasteiger partial charge is 0.266 e. The number of hydrogen-bond donors (Lipinski definition) is 2. The van der Waals surface area contributed by atoms with Gasteiger partial charge in [-0.3, -0.25) is 9.40 Å². The molecule has 19 heavy (non-hydrogen) atoms. The van der Waals surface area contributed by atoms with E-state index in [1.165, 1.54) is 29.3 Å². The van der Waals surface area contributed by atoms with Crippen LogP contribution in [0.15, 0.2) is 35.6 Å². The Labute approximate surface area is 114 Å². The zero-order chi connectivity index (χ0) is 13.9. The van der Waals surface area contributed by atoms with Crippen LogP contribution in [-0.4, -0.2) is 34.9 Å². The van der Waals surface area contributed by atoms with Crippen LogP contribution in [0.3, 0.4) is 0 Å². The fourth-order valence-corrected chi connectivity index (χ4v) is 2.56. The molecule has 2 rings (SSSR count). The molecule has 102 valence electrons. The number of anilines is 1. The molecule has 0 aliphatic heterocycles. The molecule has 0 aliphatic carbocycles. The lowest BCUT2D eigenvalue weighted by Crippen LogP contribution is -2.13. The summed E-state index contributed by atoms with van der Waals surface area (Å²) < 4.78 is 27.7. The average molecular weight is 303 g/mol. The van der Waals surface area contributed by atoms with Gasteiger partial charge >= 0.3 is 0 Å². The second-order valence-corrected chi connectivity index (χ2v) is 5.69. The third kappa shape index (κ3) is 3.22. The number of halogens is 1. The summed E-state index contributed by atoms with van der Waals surface area (Å²) in [7, 11) is -3.80. The van der Waals surface area contributed by atoms with E-state index in [1.807, 2.05) is 0 Å².